The molecule has 4 nitrogen and oxygen atoms in total. The van der Waals surface area contributed by atoms with Crippen molar-refractivity contribution in [1.29, 1.82) is 10.5 Å². The maximum atomic E-state index is 9.91. The lowest BCUT2D eigenvalue weighted by Gasteiger charge is -2.12. The van der Waals surface area contributed by atoms with Gasteiger partial charge in [-0.15, -0.1) is 0 Å². The molecule has 0 N–H and O–H groups in total. The van der Waals surface area contributed by atoms with E-state index >= 15 is 0 Å². The zero-order valence-electron chi connectivity index (χ0n) is 22.5. The molecule has 0 saturated heterocycles. The first-order valence-electron chi connectivity index (χ1n) is 13.8. The van der Waals surface area contributed by atoms with Crippen LogP contribution < -0.4 is 0 Å². The first kappa shape index (κ1) is 23.8. The third-order valence-corrected chi connectivity index (χ3v) is 8.18. The molecule has 0 atom stereocenters. The Morgan fingerprint density at radius 1 is 0.476 bits per heavy atom. The van der Waals surface area contributed by atoms with Gasteiger partial charge in [0.2, 0.25) is 0 Å². The van der Waals surface area contributed by atoms with Gasteiger partial charge in [0.1, 0.15) is 6.07 Å². The molecular formula is C38H22N4. The smallest absolute Gasteiger partial charge is 0.101 e. The quantitative estimate of drug-likeness (QED) is 0.227. The van der Waals surface area contributed by atoms with Crippen LogP contribution >= 0.6 is 0 Å². The third kappa shape index (κ3) is 3.40. The monoisotopic (exact) mass is 534 g/mol. The Morgan fingerprint density at radius 3 is 2.00 bits per heavy atom. The van der Waals surface area contributed by atoms with Crippen molar-refractivity contribution in [3.63, 3.8) is 0 Å². The highest BCUT2D eigenvalue weighted by Gasteiger charge is 2.19. The summed E-state index contributed by atoms with van der Waals surface area (Å²) in [4.78, 5) is 0. The Balaban J connectivity index is 1.47. The van der Waals surface area contributed by atoms with Gasteiger partial charge in [0.25, 0.3) is 0 Å². The van der Waals surface area contributed by atoms with Crippen molar-refractivity contribution in [2.45, 2.75) is 0 Å². The van der Waals surface area contributed by atoms with E-state index in [2.05, 4.69) is 106 Å². The molecule has 0 unspecified atom stereocenters. The summed E-state index contributed by atoms with van der Waals surface area (Å²) in [5.41, 5.74) is 9.62. The van der Waals surface area contributed by atoms with Crippen LogP contribution in [0.25, 0.3) is 66.1 Å². The number of nitriles is 2. The fourth-order valence-electron chi connectivity index (χ4n) is 6.38. The normalized spacial score (nSPS) is 11.3. The number of aromatic nitrogens is 2. The van der Waals surface area contributed by atoms with Crippen molar-refractivity contribution in [3.05, 3.63) is 145 Å². The molecule has 0 radical (unpaired) electrons. The zero-order valence-corrected chi connectivity index (χ0v) is 22.5. The maximum absolute atomic E-state index is 9.91. The number of hydrogen-bond donors (Lipinski definition) is 0. The minimum Gasteiger partial charge on any atom is -0.309 e. The largest absolute Gasteiger partial charge is 0.309 e. The summed E-state index contributed by atoms with van der Waals surface area (Å²) < 4.78 is 4.49. The van der Waals surface area contributed by atoms with E-state index in [0.717, 1.165) is 55.3 Å². The Bertz CT molecular complexity index is 2430. The molecule has 194 valence electrons. The Kier molecular flexibility index (Phi) is 5.22. The predicted octanol–water partition coefficient (Wildman–Crippen LogP) is 9.29. The molecule has 2 heterocycles. The van der Waals surface area contributed by atoms with Crippen molar-refractivity contribution in [2.24, 2.45) is 0 Å². The highest BCUT2D eigenvalue weighted by molar-refractivity contribution is 6.15. The molecule has 4 heteroatoms. The lowest BCUT2D eigenvalue weighted by Crippen LogP contribution is -1.97. The molecule has 0 aliphatic heterocycles. The van der Waals surface area contributed by atoms with E-state index in [0.29, 0.717) is 11.1 Å². The van der Waals surface area contributed by atoms with Crippen LogP contribution in [0, 0.1) is 22.7 Å². The molecule has 8 aromatic rings. The van der Waals surface area contributed by atoms with Crippen molar-refractivity contribution in [3.8, 4) is 34.6 Å². The topological polar surface area (TPSA) is 57.4 Å². The third-order valence-electron chi connectivity index (χ3n) is 8.18. The van der Waals surface area contributed by atoms with Crippen LogP contribution in [0.2, 0.25) is 0 Å². The van der Waals surface area contributed by atoms with Crippen LogP contribution in [0.4, 0.5) is 0 Å². The van der Waals surface area contributed by atoms with Gasteiger partial charge in [-0.25, -0.2) is 0 Å². The molecule has 0 fully saturated rings. The standard InChI is InChI=1S/C38H22N4/c39-23-25-17-19-36-32(21-25)33-22-26(18-20-37(33)42(36)34-15-6-4-9-27(34)24-40)29-13-8-14-31-30-12-5-7-16-35(30)41(38(29)31)28-10-2-1-3-11-28/h1-22H. The van der Waals surface area contributed by atoms with Gasteiger partial charge in [-0.1, -0.05) is 72.8 Å². The van der Waals surface area contributed by atoms with Crippen LogP contribution in [0.15, 0.2) is 133 Å². The maximum Gasteiger partial charge on any atom is 0.101 e. The predicted molar refractivity (Wildman–Crippen MR) is 170 cm³/mol. The average molecular weight is 535 g/mol. The molecule has 0 aliphatic carbocycles. The van der Waals surface area contributed by atoms with Crippen molar-refractivity contribution in [1.82, 2.24) is 9.13 Å². The second-order valence-electron chi connectivity index (χ2n) is 10.4. The van der Waals surface area contributed by atoms with E-state index < -0.39 is 0 Å². The van der Waals surface area contributed by atoms with Crippen LogP contribution in [0.1, 0.15) is 11.1 Å². The van der Waals surface area contributed by atoms with Gasteiger partial charge >= 0.3 is 0 Å². The molecule has 0 spiro atoms. The van der Waals surface area contributed by atoms with Gasteiger partial charge < -0.3 is 9.13 Å². The lowest BCUT2D eigenvalue weighted by atomic mass is 9.99. The summed E-state index contributed by atoms with van der Waals surface area (Å²) in [6.07, 6.45) is 0. The first-order chi connectivity index (χ1) is 20.8. The summed E-state index contributed by atoms with van der Waals surface area (Å²) in [7, 11) is 0. The molecular weight excluding hydrogens is 512 g/mol. The van der Waals surface area contributed by atoms with E-state index in [1.54, 1.807) is 0 Å². The van der Waals surface area contributed by atoms with Gasteiger partial charge in [0.15, 0.2) is 0 Å². The Labute approximate surface area is 242 Å². The Hall–Kier alpha value is -6.10. The van der Waals surface area contributed by atoms with E-state index in [4.69, 9.17) is 0 Å². The number of rotatable bonds is 3. The summed E-state index contributed by atoms with van der Waals surface area (Å²) in [5.74, 6) is 0. The molecule has 0 amide bonds. The number of fused-ring (bicyclic) bond motifs is 6. The minimum atomic E-state index is 0.599. The minimum absolute atomic E-state index is 0.599. The average Bonchev–Trinajstić information content (AvgIpc) is 3.57. The van der Waals surface area contributed by atoms with E-state index in [1.165, 1.54) is 10.8 Å². The van der Waals surface area contributed by atoms with Gasteiger partial charge in [-0.05, 0) is 66.2 Å². The van der Waals surface area contributed by atoms with Gasteiger partial charge in [0.05, 0.1) is 45.0 Å². The Morgan fingerprint density at radius 2 is 1.17 bits per heavy atom. The van der Waals surface area contributed by atoms with E-state index in [-0.39, 0.29) is 0 Å². The van der Waals surface area contributed by atoms with E-state index in [1.807, 2.05) is 48.5 Å². The zero-order chi connectivity index (χ0) is 28.2. The first-order valence-corrected chi connectivity index (χ1v) is 13.8. The molecule has 8 rings (SSSR count). The highest BCUT2D eigenvalue weighted by atomic mass is 15.0. The molecule has 0 saturated carbocycles. The summed E-state index contributed by atoms with van der Waals surface area (Å²) in [6, 6.07) is 50.2. The highest BCUT2D eigenvalue weighted by Crippen LogP contribution is 2.41. The van der Waals surface area contributed by atoms with E-state index in [9.17, 15) is 10.5 Å². The molecule has 0 aliphatic rings. The van der Waals surface area contributed by atoms with Gasteiger partial charge in [0, 0.05) is 32.8 Å². The second-order valence-corrected chi connectivity index (χ2v) is 10.4. The molecule has 0 bridgehead atoms. The number of para-hydroxylation sites is 4. The fraction of sp³-hybridized carbons (Fsp3) is 0. The number of hydrogen-bond acceptors (Lipinski definition) is 2. The second kappa shape index (κ2) is 9.24. The van der Waals surface area contributed by atoms with Gasteiger partial charge in [-0.2, -0.15) is 10.5 Å². The number of nitrogens with zero attached hydrogens (tertiary/aromatic N) is 4. The summed E-state index contributed by atoms with van der Waals surface area (Å²) in [6.45, 7) is 0. The van der Waals surface area contributed by atoms with Crippen LogP contribution in [-0.4, -0.2) is 9.13 Å². The van der Waals surface area contributed by atoms with Crippen molar-refractivity contribution in [2.75, 3.05) is 0 Å². The van der Waals surface area contributed by atoms with Crippen molar-refractivity contribution < 1.29 is 0 Å². The summed E-state index contributed by atoms with van der Waals surface area (Å²) >= 11 is 0. The molecule has 42 heavy (non-hydrogen) atoms. The van der Waals surface area contributed by atoms with Crippen LogP contribution in [-0.2, 0) is 0 Å². The molecule has 2 aromatic heterocycles. The molecule has 6 aromatic carbocycles. The lowest BCUT2D eigenvalue weighted by molar-refractivity contribution is 1.17. The SMILES string of the molecule is N#Cc1ccc2c(c1)c1cc(-c3cccc4c5ccccc5n(-c5ccccc5)c34)ccc1n2-c1ccccc1C#N. The fourth-order valence-corrected chi connectivity index (χ4v) is 6.38. The van der Waals surface area contributed by atoms with Crippen LogP contribution in [0.5, 0.6) is 0 Å². The van der Waals surface area contributed by atoms with Crippen LogP contribution in [0.3, 0.4) is 0 Å². The van der Waals surface area contributed by atoms with Crippen molar-refractivity contribution >= 4 is 43.6 Å². The summed E-state index contributed by atoms with van der Waals surface area (Å²) in [5, 5.41) is 24.1. The number of benzene rings is 6. The van der Waals surface area contributed by atoms with Gasteiger partial charge in [-0.3, -0.25) is 0 Å².